The summed E-state index contributed by atoms with van der Waals surface area (Å²) in [5.74, 6) is 0. The SMILES string of the molecule is Clc1ccc(-c2ncc(CN3CCNCC3)s2)cc1. The van der Waals surface area contributed by atoms with Gasteiger partial charge < -0.3 is 5.32 Å². The second-order valence-electron chi connectivity index (χ2n) is 4.66. The van der Waals surface area contributed by atoms with Gasteiger partial charge in [-0.1, -0.05) is 23.7 Å². The lowest BCUT2D eigenvalue weighted by molar-refractivity contribution is 0.235. The number of hydrogen-bond donors (Lipinski definition) is 1. The second-order valence-corrected chi connectivity index (χ2v) is 6.22. The van der Waals surface area contributed by atoms with Gasteiger partial charge in [0.05, 0.1) is 0 Å². The van der Waals surface area contributed by atoms with Gasteiger partial charge in [0, 0.05) is 54.4 Å². The van der Waals surface area contributed by atoms with E-state index in [1.807, 2.05) is 30.5 Å². The molecule has 0 aliphatic carbocycles. The van der Waals surface area contributed by atoms with Crippen LogP contribution >= 0.6 is 22.9 Å². The van der Waals surface area contributed by atoms with Crippen molar-refractivity contribution in [1.29, 1.82) is 0 Å². The Morgan fingerprint density at radius 1 is 1.21 bits per heavy atom. The van der Waals surface area contributed by atoms with Crippen LogP contribution in [0, 0.1) is 0 Å². The summed E-state index contributed by atoms with van der Waals surface area (Å²) in [6.45, 7) is 5.42. The van der Waals surface area contributed by atoms with Crippen molar-refractivity contribution < 1.29 is 0 Å². The first kappa shape index (κ1) is 13.1. The van der Waals surface area contributed by atoms with Crippen molar-refractivity contribution in [3.63, 3.8) is 0 Å². The molecular weight excluding hydrogens is 278 g/mol. The zero-order valence-corrected chi connectivity index (χ0v) is 12.2. The summed E-state index contributed by atoms with van der Waals surface area (Å²) in [4.78, 5) is 8.31. The predicted octanol–water partition coefficient (Wildman–Crippen LogP) is 2.87. The molecule has 0 bridgehead atoms. The van der Waals surface area contributed by atoms with Gasteiger partial charge in [-0.25, -0.2) is 4.98 Å². The summed E-state index contributed by atoms with van der Waals surface area (Å²) in [6.07, 6.45) is 2.00. The van der Waals surface area contributed by atoms with Gasteiger partial charge in [-0.3, -0.25) is 4.90 Å². The molecule has 5 heteroatoms. The van der Waals surface area contributed by atoms with Crippen LogP contribution in [0.25, 0.3) is 10.6 Å². The molecule has 1 N–H and O–H groups in total. The molecule has 0 amide bonds. The van der Waals surface area contributed by atoms with E-state index in [4.69, 9.17) is 11.6 Å². The summed E-state index contributed by atoms with van der Waals surface area (Å²) in [6, 6.07) is 7.87. The average molecular weight is 294 g/mol. The number of rotatable bonds is 3. The highest BCUT2D eigenvalue weighted by molar-refractivity contribution is 7.15. The first-order chi connectivity index (χ1) is 9.31. The van der Waals surface area contributed by atoms with E-state index in [1.54, 1.807) is 11.3 Å². The van der Waals surface area contributed by atoms with Crippen molar-refractivity contribution in [2.45, 2.75) is 6.54 Å². The summed E-state index contributed by atoms with van der Waals surface area (Å²) in [5, 5.41) is 5.21. The van der Waals surface area contributed by atoms with Crippen LogP contribution in [-0.4, -0.2) is 36.1 Å². The topological polar surface area (TPSA) is 28.2 Å². The molecule has 0 saturated carbocycles. The van der Waals surface area contributed by atoms with Gasteiger partial charge in [-0.2, -0.15) is 0 Å². The molecule has 0 spiro atoms. The average Bonchev–Trinajstić information content (AvgIpc) is 2.89. The summed E-state index contributed by atoms with van der Waals surface area (Å²) >= 11 is 7.67. The fourth-order valence-electron chi connectivity index (χ4n) is 2.20. The Morgan fingerprint density at radius 3 is 2.68 bits per heavy atom. The highest BCUT2D eigenvalue weighted by atomic mass is 35.5. The molecule has 1 aromatic carbocycles. The van der Waals surface area contributed by atoms with E-state index in [2.05, 4.69) is 15.2 Å². The molecule has 2 aromatic rings. The van der Waals surface area contributed by atoms with Gasteiger partial charge in [0.2, 0.25) is 0 Å². The van der Waals surface area contributed by atoms with E-state index in [1.165, 1.54) is 4.88 Å². The minimum Gasteiger partial charge on any atom is -0.314 e. The van der Waals surface area contributed by atoms with E-state index in [0.29, 0.717) is 0 Å². The van der Waals surface area contributed by atoms with Crippen LogP contribution in [0.2, 0.25) is 5.02 Å². The van der Waals surface area contributed by atoms with Gasteiger partial charge in [0.1, 0.15) is 5.01 Å². The van der Waals surface area contributed by atoms with E-state index in [9.17, 15) is 0 Å². The highest BCUT2D eigenvalue weighted by Gasteiger charge is 2.12. The maximum absolute atomic E-state index is 5.90. The molecule has 0 unspecified atom stereocenters. The van der Waals surface area contributed by atoms with E-state index >= 15 is 0 Å². The van der Waals surface area contributed by atoms with Crippen molar-refractivity contribution in [1.82, 2.24) is 15.2 Å². The molecule has 1 aromatic heterocycles. The van der Waals surface area contributed by atoms with Crippen LogP contribution in [0.3, 0.4) is 0 Å². The zero-order chi connectivity index (χ0) is 13.1. The summed E-state index contributed by atoms with van der Waals surface area (Å²) < 4.78 is 0. The van der Waals surface area contributed by atoms with Gasteiger partial charge in [0.25, 0.3) is 0 Å². The van der Waals surface area contributed by atoms with Gasteiger partial charge in [0.15, 0.2) is 0 Å². The van der Waals surface area contributed by atoms with Crippen LogP contribution in [0.15, 0.2) is 30.5 Å². The number of nitrogens with zero attached hydrogens (tertiary/aromatic N) is 2. The van der Waals surface area contributed by atoms with Gasteiger partial charge >= 0.3 is 0 Å². The highest BCUT2D eigenvalue weighted by Crippen LogP contribution is 2.27. The maximum atomic E-state index is 5.90. The first-order valence-electron chi connectivity index (χ1n) is 6.45. The molecule has 100 valence electrons. The van der Waals surface area contributed by atoms with Crippen LogP contribution < -0.4 is 5.32 Å². The molecular formula is C14H16ClN3S. The number of halogens is 1. The van der Waals surface area contributed by atoms with Crippen molar-refractivity contribution in [3.8, 4) is 10.6 Å². The summed E-state index contributed by atoms with van der Waals surface area (Å²) in [5.41, 5.74) is 1.14. The van der Waals surface area contributed by atoms with Crippen LogP contribution in [-0.2, 0) is 6.54 Å². The third-order valence-electron chi connectivity index (χ3n) is 3.23. The standard InChI is InChI=1S/C14H16ClN3S/c15-12-3-1-11(2-4-12)14-17-9-13(19-14)10-18-7-5-16-6-8-18/h1-4,9,16H,5-8,10H2. The van der Waals surface area contributed by atoms with E-state index in [0.717, 1.165) is 48.3 Å². The Balaban J connectivity index is 1.70. The largest absolute Gasteiger partial charge is 0.314 e. The smallest absolute Gasteiger partial charge is 0.123 e. The van der Waals surface area contributed by atoms with Crippen molar-refractivity contribution >= 4 is 22.9 Å². The second kappa shape index (κ2) is 6.01. The summed E-state index contributed by atoms with van der Waals surface area (Å²) in [7, 11) is 0. The lowest BCUT2D eigenvalue weighted by atomic mass is 10.2. The normalized spacial score (nSPS) is 16.7. The van der Waals surface area contributed by atoms with Crippen LogP contribution in [0.5, 0.6) is 0 Å². The molecule has 1 fully saturated rings. The van der Waals surface area contributed by atoms with Crippen molar-refractivity contribution in [2.75, 3.05) is 26.2 Å². The molecule has 3 nitrogen and oxygen atoms in total. The van der Waals surface area contributed by atoms with Crippen molar-refractivity contribution in [2.24, 2.45) is 0 Å². The van der Waals surface area contributed by atoms with Gasteiger partial charge in [-0.15, -0.1) is 11.3 Å². The molecule has 3 rings (SSSR count). The quantitative estimate of drug-likeness (QED) is 0.943. The van der Waals surface area contributed by atoms with Crippen LogP contribution in [0.1, 0.15) is 4.88 Å². The Hall–Kier alpha value is -0.940. The number of piperazine rings is 1. The lowest BCUT2D eigenvalue weighted by Crippen LogP contribution is -2.42. The monoisotopic (exact) mass is 293 g/mol. The third-order valence-corrected chi connectivity index (χ3v) is 4.52. The molecule has 1 aliphatic heterocycles. The molecule has 0 atom stereocenters. The maximum Gasteiger partial charge on any atom is 0.123 e. The molecule has 0 radical (unpaired) electrons. The number of aromatic nitrogens is 1. The molecule has 1 saturated heterocycles. The number of nitrogens with one attached hydrogen (secondary N) is 1. The first-order valence-corrected chi connectivity index (χ1v) is 7.64. The van der Waals surface area contributed by atoms with Crippen LogP contribution in [0.4, 0.5) is 0 Å². The third kappa shape index (κ3) is 3.34. The minimum absolute atomic E-state index is 0.765. The molecule has 2 heterocycles. The fourth-order valence-corrected chi connectivity index (χ4v) is 3.28. The molecule has 1 aliphatic rings. The number of thiazole rings is 1. The van der Waals surface area contributed by atoms with Crippen molar-refractivity contribution in [3.05, 3.63) is 40.4 Å². The Kier molecular flexibility index (Phi) is 4.13. The lowest BCUT2D eigenvalue weighted by Gasteiger charge is -2.26. The Labute approximate surface area is 122 Å². The zero-order valence-electron chi connectivity index (χ0n) is 10.6. The molecule has 19 heavy (non-hydrogen) atoms. The minimum atomic E-state index is 0.765. The number of hydrogen-bond acceptors (Lipinski definition) is 4. The van der Waals surface area contributed by atoms with E-state index < -0.39 is 0 Å². The predicted molar refractivity (Wildman–Crippen MR) is 80.7 cm³/mol. The Bertz CT molecular complexity index is 532. The fraction of sp³-hybridized carbons (Fsp3) is 0.357. The Morgan fingerprint density at radius 2 is 1.95 bits per heavy atom. The number of benzene rings is 1. The van der Waals surface area contributed by atoms with E-state index in [-0.39, 0.29) is 0 Å². The van der Waals surface area contributed by atoms with Gasteiger partial charge in [-0.05, 0) is 12.1 Å².